The minimum atomic E-state index is 0.595. The van der Waals surface area contributed by atoms with Gasteiger partial charge in [0, 0.05) is 9.73 Å². The third kappa shape index (κ3) is 3.62. The highest BCUT2D eigenvalue weighted by atomic mass is 32.1. The number of nitrogens with zero attached hydrogens (tertiary/aromatic N) is 5. The van der Waals surface area contributed by atoms with E-state index in [4.69, 9.17) is 10.9 Å². The maximum Gasteiger partial charge on any atom is 0.339 e. The Morgan fingerprint density at radius 3 is 1.89 bits per heavy atom. The van der Waals surface area contributed by atoms with Crippen molar-refractivity contribution in [3.8, 4) is 0 Å². The molecular weight excluding hydrogens is 260 g/mol. The second-order valence-electron chi connectivity index (χ2n) is 3.48. The topological polar surface area (TPSA) is 89.1 Å². The molecule has 0 spiro atoms. The molecule has 0 atom stereocenters. The Bertz CT molecular complexity index is 654. The van der Waals surface area contributed by atoms with Gasteiger partial charge in [0.1, 0.15) is 0 Å². The first kappa shape index (κ1) is 12.7. The minimum absolute atomic E-state index is 0.595. The molecule has 0 bridgehead atoms. The zero-order chi connectivity index (χ0) is 13.5. The molecule has 0 radical (unpaired) electrons. The van der Waals surface area contributed by atoms with Gasteiger partial charge in [-0.3, -0.25) is 0 Å². The van der Waals surface area contributed by atoms with Gasteiger partial charge in [0.2, 0.25) is 0 Å². The summed E-state index contributed by atoms with van der Waals surface area (Å²) in [6.07, 6.45) is 14.8. The first-order chi connectivity index (χ1) is 9.31. The van der Waals surface area contributed by atoms with Crippen molar-refractivity contribution in [2.24, 2.45) is 15.4 Å². The summed E-state index contributed by atoms with van der Waals surface area (Å²) in [6.45, 7) is 0. The van der Waals surface area contributed by atoms with Crippen LogP contribution < -0.4 is 0 Å². The third-order valence-corrected chi connectivity index (χ3v) is 3.25. The number of diazo groups is 1. The molecule has 0 aromatic rings. The van der Waals surface area contributed by atoms with Crippen LogP contribution in [0.5, 0.6) is 0 Å². The molecule has 2 aliphatic rings. The van der Waals surface area contributed by atoms with Crippen LogP contribution in [0.3, 0.4) is 0 Å². The molecule has 1 N–H and O–H groups in total. The Kier molecular flexibility index (Phi) is 4.21. The molecule has 2 rings (SSSR count). The summed E-state index contributed by atoms with van der Waals surface area (Å²) < 4.78 is 0. The van der Waals surface area contributed by atoms with E-state index < -0.39 is 0 Å². The van der Waals surface area contributed by atoms with Gasteiger partial charge in [-0.1, -0.05) is 5.22 Å². The molecule has 2 aliphatic carbocycles. The third-order valence-electron chi connectivity index (χ3n) is 2.23. The molecule has 19 heavy (non-hydrogen) atoms. The van der Waals surface area contributed by atoms with Crippen LogP contribution in [0.4, 0.5) is 0 Å². The summed E-state index contributed by atoms with van der Waals surface area (Å²) in [5.41, 5.74) is 7.89. The van der Waals surface area contributed by atoms with Gasteiger partial charge in [-0.15, -0.1) is 16.0 Å². The molecule has 0 amide bonds. The van der Waals surface area contributed by atoms with Gasteiger partial charge < -0.3 is 0 Å². The van der Waals surface area contributed by atoms with Gasteiger partial charge in [-0.25, -0.2) is 0 Å². The van der Waals surface area contributed by atoms with Crippen molar-refractivity contribution in [3.63, 3.8) is 0 Å². The molecule has 7 heteroatoms. The first-order valence-corrected chi connectivity index (χ1v) is 6.14. The standard InChI is InChI=1S/C12H9N6S/c13-17-15-9-1-5-11(6-2-9)19-12-7-3-10(4-8-12)16-18-14/h1-8,13H/q+1. The van der Waals surface area contributed by atoms with Crippen molar-refractivity contribution in [1.29, 1.82) is 10.9 Å². The summed E-state index contributed by atoms with van der Waals surface area (Å²) in [5, 5.41) is 21.2. The number of allylic oxidation sites excluding steroid dienone is 8. The van der Waals surface area contributed by atoms with Gasteiger partial charge in [0.15, 0.2) is 10.8 Å². The SMILES string of the molecule is N#[N+]N=C1C=CC(=S=C2C=CC(=NN=N)C=C2)C=C1. The predicted octanol–water partition coefficient (Wildman–Crippen LogP) is 2.91. The van der Waals surface area contributed by atoms with E-state index in [1.165, 1.54) is 0 Å². The average Bonchev–Trinajstić information content (AvgIpc) is 2.44. The lowest BCUT2D eigenvalue weighted by Crippen LogP contribution is -2.00. The van der Waals surface area contributed by atoms with Crippen LogP contribution in [-0.4, -0.2) is 21.2 Å². The number of hydrogen-bond donors (Lipinski definition) is 1. The largest absolute Gasteiger partial charge is 0.339 e. The molecule has 0 aromatic heterocycles. The summed E-state index contributed by atoms with van der Waals surface area (Å²) in [5.74, 6) is 0. The van der Waals surface area contributed by atoms with E-state index in [2.05, 4.69) is 20.5 Å². The molecule has 0 fully saturated rings. The fourth-order valence-corrected chi connectivity index (χ4v) is 2.22. The van der Waals surface area contributed by atoms with E-state index in [-0.39, 0.29) is 0 Å². The van der Waals surface area contributed by atoms with Crippen LogP contribution >= 0.6 is 10.9 Å². The quantitative estimate of drug-likeness (QED) is 0.337. The van der Waals surface area contributed by atoms with Crippen LogP contribution in [0.25, 0.3) is 5.08 Å². The highest BCUT2D eigenvalue weighted by molar-refractivity contribution is 7.99. The van der Waals surface area contributed by atoms with Crippen molar-refractivity contribution < 1.29 is 0 Å². The lowest BCUT2D eigenvalue weighted by molar-refractivity contribution is 0.992. The Labute approximate surface area is 112 Å². The molecule has 0 heterocycles. The maximum atomic E-state index is 8.32. The fraction of sp³-hybridized carbons (Fsp3) is 0. The van der Waals surface area contributed by atoms with Gasteiger partial charge in [-0.2, -0.15) is 5.53 Å². The number of rotatable bonds is 1. The summed E-state index contributed by atoms with van der Waals surface area (Å²) in [7, 11) is 1.59. The van der Waals surface area contributed by atoms with E-state index in [1.807, 2.05) is 24.3 Å². The molecule has 6 nitrogen and oxygen atoms in total. The minimum Gasteiger partial charge on any atom is -0.185 e. The average molecular weight is 269 g/mol. The van der Waals surface area contributed by atoms with E-state index >= 15 is 0 Å². The second-order valence-corrected chi connectivity index (χ2v) is 4.63. The van der Waals surface area contributed by atoms with E-state index in [0.29, 0.717) is 11.4 Å². The molecule has 0 saturated heterocycles. The van der Waals surface area contributed by atoms with Gasteiger partial charge in [0.05, 0.1) is 5.71 Å². The Morgan fingerprint density at radius 2 is 1.42 bits per heavy atom. The summed E-state index contributed by atoms with van der Waals surface area (Å²) in [4.78, 5) is 2.10. The van der Waals surface area contributed by atoms with E-state index in [9.17, 15) is 0 Å². The lowest BCUT2D eigenvalue weighted by atomic mass is 10.2. The van der Waals surface area contributed by atoms with Gasteiger partial charge >= 0.3 is 5.08 Å². The predicted molar refractivity (Wildman–Crippen MR) is 79.3 cm³/mol. The van der Waals surface area contributed by atoms with E-state index in [1.54, 1.807) is 35.2 Å². The smallest absolute Gasteiger partial charge is 0.185 e. The molecule has 0 unspecified atom stereocenters. The fourth-order valence-electron chi connectivity index (χ4n) is 1.41. The zero-order valence-corrected chi connectivity index (χ0v) is 10.6. The monoisotopic (exact) mass is 269 g/mol. The van der Waals surface area contributed by atoms with Crippen LogP contribution in [-0.2, 0) is 0 Å². The van der Waals surface area contributed by atoms with Crippen molar-refractivity contribution in [2.45, 2.75) is 0 Å². The van der Waals surface area contributed by atoms with Gasteiger partial charge in [0.25, 0.3) is 5.39 Å². The molecule has 92 valence electrons. The van der Waals surface area contributed by atoms with Gasteiger partial charge in [-0.05, 0) is 48.6 Å². The second kappa shape index (κ2) is 6.28. The van der Waals surface area contributed by atoms with Crippen molar-refractivity contribution in [3.05, 3.63) is 53.7 Å². The van der Waals surface area contributed by atoms with Crippen LogP contribution in [0.2, 0.25) is 0 Å². The van der Waals surface area contributed by atoms with Crippen LogP contribution in [0.1, 0.15) is 0 Å². The van der Waals surface area contributed by atoms with Crippen LogP contribution in [0, 0.1) is 10.9 Å². The Morgan fingerprint density at radius 1 is 0.895 bits per heavy atom. The molecular formula is C12H9N6S+. The van der Waals surface area contributed by atoms with Crippen LogP contribution in [0.15, 0.2) is 64.0 Å². The molecule has 0 aromatic carbocycles. The Hall–Kier alpha value is -2.72. The Balaban J connectivity index is 2.23. The van der Waals surface area contributed by atoms with Crippen molar-refractivity contribution in [2.75, 3.05) is 0 Å². The normalized spacial score (nSPS) is 16.4. The summed E-state index contributed by atoms with van der Waals surface area (Å²) >= 11 is 0. The zero-order valence-electron chi connectivity index (χ0n) is 9.76. The highest BCUT2D eigenvalue weighted by Crippen LogP contribution is 2.04. The van der Waals surface area contributed by atoms with E-state index in [0.717, 1.165) is 9.73 Å². The highest BCUT2D eigenvalue weighted by Gasteiger charge is 2.02. The first-order valence-electron chi connectivity index (χ1n) is 5.32. The molecule has 0 aliphatic heterocycles. The molecule has 0 saturated carbocycles. The summed E-state index contributed by atoms with van der Waals surface area (Å²) in [6, 6.07) is 0. The van der Waals surface area contributed by atoms with Crippen molar-refractivity contribution >= 4 is 32.1 Å². The number of hydrogen-bond acceptors (Lipinski definition) is 4. The number of nitrogens with one attached hydrogen (secondary N) is 1. The van der Waals surface area contributed by atoms with Crippen molar-refractivity contribution in [1.82, 2.24) is 0 Å². The lowest BCUT2D eigenvalue weighted by Gasteiger charge is -1.99. The maximum absolute atomic E-state index is 8.32.